The number of hydrogen-bond donors (Lipinski definition) is 1. The van der Waals surface area contributed by atoms with Gasteiger partial charge >= 0.3 is 0 Å². The minimum Gasteiger partial charge on any atom is -0.310 e. The van der Waals surface area contributed by atoms with Crippen molar-refractivity contribution in [1.82, 2.24) is 15.3 Å². The Morgan fingerprint density at radius 1 is 1.05 bits per heavy atom. The van der Waals surface area contributed by atoms with E-state index in [0.29, 0.717) is 12.0 Å². The predicted octanol–water partition coefficient (Wildman–Crippen LogP) is 4.29. The Labute approximate surface area is 129 Å². The van der Waals surface area contributed by atoms with E-state index in [4.69, 9.17) is 9.97 Å². The summed E-state index contributed by atoms with van der Waals surface area (Å²) in [5.41, 5.74) is 2.68. The van der Waals surface area contributed by atoms with Crippen LogP contribution in [0.3, 0.4) is 0 Å². The van der Waals surface area contributed by atoms with Gasteiger partial charge in [-0.3, -0.25) is 0 Å². The summed E-state index contributed by atoms with van der Waals surface area (Å²) in [4.78, 5) is 9.76. The Bertz CT molecular complexity index is 450. The fraction of sp³-hybridized carbons (Fsp3) is 0.778. The van der Waals surface area contributed by atoms with Gasteiger partial charge in [-0.2, -0.15) is 0 Å². The van der Waals surface area contributed by atoms with Gasteiger partial charge in [-0.15, -0.1) is 0 Å². The molecule has 0 amide bonds. The fourth-order valence-electron chi connectivity index (χ4n) is 3.93. The molecule has 0 saturated heterocycles. The van der Waals surface area contributed by atoms with Crippen LogP contribution in [0.15, 0.2) is 6.20 Å². The maximum atomic E-state index is 4.99. The lowest BCUT2D eigenvalue weighted by Gasteiger charge is -2.26. The fourth-order valence-corrected chi connectivity index (χ4v) is 3.93. The standard InChI is InChI=1S/C18H29N3/c1-2-19-16-11-8-12-17-15(16)13-20-18(21-17)14-9-6-4-3-5-7-10-14/h13-14,16,19H,2-12H2,1H3. The SMILES string of the molecule is CCNC1CCCc2nc(C3CCCCCCC3)ncc21. The predicted molar refractivity (Wildman–Crippen MR) is 86.4 cm³/mol. The molecule has 3 heteroatoms. The molecule has 21 heavy (non-hydrogen) atoms. The van der Waals surface area contributed by atoms with Gasteiger partial charge in [-0.05, 0) is 38.6 Å². The highest BCUT2D eigenvalue weighted by atomic mass is 14.9. The number of rotatable bonds is 3. The topological polar surface area (TPSA) is 37.8 Å². The van der Waals surface area contributed by atoms with Crippen LogP contribution in [-0.4, -0.2) is 16.5 Å². The molecule has 0 bridgehead atoms. The minimum absolute atomic E-state index is 0.477. The summed E-state index contributed by atoms with van der Waals surface area (Å²) in [6, 6.07) is 0.477. The summed E-state index contributed by atoms with van der Waals surface area (Å²) < 4.78 is 0. The van der Waals surface area contributed by atoms with Crippen molar-refractivity contribution in [3.8, 4) is 0 Å². The average molecular weight is 287 g/mol. The van der Waals surface area contributed by atoms with Crippen LogP contribution in [-0.2, 0) is 6.42 Å². The number of fused-ring (bicyclic) bond motifs is 1. The maximum absolute atomic E-state index is 4.99. The molecule has 0 spiro atoms. The second kappa shape index (κ2) is 7.35. The highest BCUT2D eigenvalue weighted by Crippen LogP contribution is 2.32. The number of aryl methyl sites for hydroxylation is 1. The van der Waals surface area contributed by atoms with Gasteiger partial charge in [0.1, 0.15) is 5.82 Å². The van der Waals surface area contributed by atoms with Crippen LogP contribution in [0.2, 0.25) is 0 Å². The number of nitrogens with zero attached hydrogens (tertiary/aromatic N) is 2. The summed E-state index contributed by atoms with van der Waals surface area (Å²) in [5.74, 6) is 1.74. The molecule has 3 nitrogen and oxygen atoms in total. The number of nitrogens with one attached hydrogen (secondary N) is 1. The van der Waals surface area contributed by atoms with E-state index in [-0.39, 0.29) is 0 Å². The molecular weight excluding hydrogens is 258 g/mol. The van der Waals surface area contributed by atoms with Gasteiger partial charge < -0.3 is 5.32 Å². The third-order valence-electron chi connectivity index (χ3n) is 5.12. The minimum atomic E-state index is 0.477. The Balaban J connectivity index is 1.78. The monoisotopic (exact) mass is 287 g/mol. The van der Waals surface area contributed by atoms with Crippen molar-refractivity contribution in [1.29, 1.82) is 0 Å². The molecule has 1 aromatic heterocycles. The first-order valence-corrected chi connectivity index (χ1v) is 8.97. The van der Waals surface area contributed by atoms with Gasteiger partial charge in [0.25, 0.3) is 0 Å². The van der Waals surface area contributed by atoms with Crippen molar-refractivity contribution in [2.45, 2.75) is 83.1 Å². The third-order valence-corrected chi connectivity index (χ3v) is 5.12. The molecule has 1 fully saturated rings. The molecule has 0 radical (unpaired) electrons. The van der Waals surface area contributed by atoms with Crippen LogP contribution in [0.1, 0.15) is 93.8 Å². The zero-order valence-corrected chi connectivity index (χ0v) is 13.4. The Hall–Kier alpha value is -0.960. The summed E-state index contributed by atoms with van der Waals surface area (Å²) in [7, 11) is 0. The molecule has 1 N–H and O–H groups in total. The third kappa shape index (κ3) is 3.63. The van der Waals surface area contributed by atoms with Crippen LogP contribution in [0.5, 0.6) is 0 Å². The van der Waals surface area contributed by atoms with E-state index in [1.807, 2.05) is 0 Å². The van der Waals surface area contributed by atoms with Crippen molar-refractivity contribution in [3.63, 3.8) is 0 Å². The quantitative estimate of drug-likeness (QED) is 0.901. The van der Waals surface area contributed by atoms with Crippen LogP contribution >= 0.6 is 0 Å². The molecule has 1 saturated carbocycles. The Morgan fingerprint density at radius 3 is 2.57 bits per heavy atom. The first-order valence-electron chi connectivity index (χ1n) is 8.97. The van der Waals surface area contributed by atoms with Crippen LogP contribution in [0.4, 0.5) is 0 Å². The van der Waals surface area contributed by atoms with Crippen LogP contribution < -0.4 is 5.32 Å². The second-order valence-electron chi connectivity index (χ2n) is 6.67. The number of aromatic nitrogens is 2. The molecule has 1 aromatic rings. The molecule has 0 aliphatic heterocycles. The molecular formula is C18H29N3. The van der Waals surface area contributed by atoms with Gasteiger partial charge in [-0.25, -0.2) is 9.97 Å². The van der Waals surface area contributed by atoms with Crippen molar-refractivity contribution in [3.05, 3.63) is 23.3 Å². The smallest absolute Gasteiger partial charge is 0.131 e. The van der Waals surface area contributed by atoms with Crippen LogP contribution in [0, 0.1) is 0 Å². The second-order valence-corrected chi connectivity index (χ2v) is 6.67. The Morgan fingerprint density at radius 2 is 1.81 bits per heavy atom. The van der Waals surface area contributed by atoms with Gasteiger partial charge in [0.2, 0.25) is 0 Å². The Kier molecular flexibility index (Phi) is 5.23. The lowest BCUT2D eigenvalue weighted by molar-refractivity contribution is 0.432. The zero-order valence-electron chi connectivity index (χ0n) is 13.4. The molecule has 2 aliphatic carbocycles. The van der Waals surface area contributed by atoms with E-state index in [0.717, 1.165) is 18.8 Å². The number of hydrogen-bond acceptors (Lipinski definition) is 3. The summed E-state index contributed by atoms with van der Waals surface area (Å²) in [6.07, 6.45) is 15.2. The van der Waals surface area contributed by atoms with Crippen molar-refractivity contribution in [2.75, 3.05) is 6.54 Å². The van der Waals surface area contributed by atoms with E-state index in [1.54, 1.807) is 0 Å². The van der Waals surface area contributed by atoms with E-state index < -0.39 is 0 Å². The summed E-state index contributed by atoms with van der Waals surface area (Å²) in [5, 5.41) is 3.58. The van der Waals surface area contributed by atoms with E-state index in [2.05, 4.69) is 18.4 Å². The van der Waals surface area contributed by atoms with Gasteiger partial charge in [0.15, 0.2) is 0 Å². The van der Waals surface area contributed by atoms with E-state index >= 15 is 0 Å². The molecule has 2 aliphatic rings. The van der Waals surface area contributed by atoms with Gasteiger partial charge in [-0.1, -0.05) is 39.0 Å². The molecule has 0 aromatic carbocycles. The first kappa shape index (κ1) is 15.0. The van der Waals surface area contributed by atoms with Crippen molar-refractivity contribution >= 4 is 0 Å². The normalized spacial score (nSPS) is 24.1. The largest absolute Gasteiger partial charge is 0.310 e. The van der Waals surface area contributed by atoms with Crippen LogP contribution in [0.25, 0.3) is 0 Å². The first-order chi connectivity index (χ1) is 10.4. The van der Waals surface area contributed by atoms with Gasteiger partial charge in [0, 0.05) is 29.4 Å². The highest BCUT2D eigenvalue weighted by molar-refractivity contribution is 5.25. The summed E-state index contributed by atoms with van der Waals surface area (Å²) >= 11 is 0. The molecule has 1 unspecified atom stereocenters. The van der Waals surface area contributed by atoms with Crippen molar-refractivity contribution < 1.29 is 0 Å². The highest BCUT2D eigenvalue weighted by Gasteiger charge is 2.23. The zero-order chi connectivity index (χ0) is 14.5. The molecule has 1 heterocycles. The van der Waals surface area contributed by atoms with E-state index in [9.17, 15) is 0 Å². The average Bonchev–Trinajstić information content (AvgIpc) is 2.47. The van der Waals surface area contributed by atoms with Crippen molar-refractivity contribution in [2.24, 2.45) is 0 Å². The van der Waals surface area contributed by atoms with Gasteiger partial charge in [0.05, 0.1) is 0 Å². The summed E-state index contributed by atoms with van der Waals surface area (Å²) in [6.45, 7) is 3.20. The van der Waals surface area contributed by atoms with E-state index in [1.165, 1.54) is 69.0 Å². The lowest BCUT2D eigenvalue weighted by Crippen LogP contribution is -2.26. The molecule has 3 rings (SSSR count). The lowest BCUT2D eigenvalue weighted by atomic mass is 9.89. The molecule has 1 atom stereocenters. The maximum Gasteiger partial charge on any atom is 0.131 e. The molecule has 116 valence electrons.